The molecule has 6 heteroatoms. The second-order valence-electron chi connectivity index (χ2n) is 4.47. The number of ether oxygens (including phenoxy) is 1. The number of hydrogen-bond acceptors (Lipinski definition) is 3. The molecule has 1 fully saturated rings. The van der Waals surface area contributed by atoms with Gasteiger partial charge in [0, 0.05) is 24.6 Å². The van der Waals surface area contributed by atoms with E-state index in [4.69, 9.17) is 4.74 Å². The topological polar surface area (TPSA) is 55.4 Å². The second kappa shape index (κ2) is 6.33. The number of alkyl halides is 1. The molecule has 96 valence electrons. The molecule has 16 heavy (non-hydrogen) atoms. The van der Waals surface area contributed by atoms with Gasteiger partial charge >= 0.3 is 0 Å². The van der Waals surface area contributed by atoms with Crippen LogP contribution in [0.5, 0.6) is 0 Å². The number of rotatable bonds is 5. The van der Waals surface area contributed by atoms with E-state index < -0.39 is 10.0 Å². The van der Waals surface area contributed by atoms with Crippen LogP contribution in [-0.4, -0.2) is 38.3 Å². The van der Waals surface area contributed by atoms with E-state index in [9.17, 15) is 8.42 Å². The van der Waals surface area contributed by atoms with Gasteiger partial charge in [-0.3, -0.25) is 0 Å². The largest absolute Gasteiger partial charge is 0.381 e. The van der Waals surface area contributed by atoms with Gasteiger partial charge < -0.3 is 4.74 Å². The van der Waals surface area contributed by atoms with Crippen LogP contribution in [0.1, 0.15) is 26.7 Å². The van der Waals surface area contributed by atoms with Crippen molar-refractivity contribution in [3.8, 4) is 0 Å². The monoisotopic (exact) mass is 313 g/mol. The molecule has 4 nitrogen and oxygen atoms in total. The highest BCUT2D eigenvalue weighted by Crippen LogP contribution is 2.16. The Morgan fingerprint density at radius 2 is 1.94 bits per heavy atom. The quantitative estimate of drug-likeness (QED) is 0.783. The molecule has 0 bridgehead atoms. The summed E-state index contributed by atoms with van der Waals surface area (Å²) in [4.78, 5) is 0.183. The Labute approximate surface area is 106 Å². The first-order valence-corrected chi connectivity index (χ1v) is 8.10. The van der Waals surface area contributed by atoms with Gasteiger partial charge in [0.05, 0.1) is 5.25 Å². The number of sulfonamides is 1. The van der Waals surface area contributed by atoms with Gasteiger partial charge in [0.15, 0.2) is 0 Å². The molecular weight excluding hydrogens is 294 g/mol. The molecule has 0 aromatic rings. The summed E-state index contributed by atoms with van der Waals surface area (Å²) in [6, 6.07) is 0. The maximum atomic E-state index is 11.9. The molecule has 1 N–H and O–H groups in total. The zero-order chi connectivity index (χ0) is 12.2. The van der Waals surface area contributed by atoms with Crippen molar-refractivity contribution in [1.29, 1.82) is 0 Å². The fourth-order valence-corrected chi connectivity index (χ4v) is 3.37. The molecule has 1 heterocycles. The van der Waals surface area contributed by atoms with E-state index in [1.807, 2.05) is 0 Å². The summed E-state index contributed by atoms with van der Waals surface area (Å²) in [5.74, 6) is 0.414. The molecule has 0 aromatic carbocycles. The molecule has 1 aliphatic rings. The van der Waals surface area contributed by atoms with Gasteiger partial charge in [0.1, 0.15) is 0 Å². The third kappa shape index (κ3) is 4.31. The lowest BCUT2D eigenvalue weighted by molar-refractivity contribution is 0.0981. The molecule has 1 aliphatic heterocycles. The second-order valence-corrected chi connectivity index (χ2v) is 7.69. The van der Waals surface area contributed by atoms with Gasteiger partial charge in [-0.2, -0.15) is 0 Å². The summed E-state index contributed by atoms with van der Waals surface area (Å²) in [6.45, 7) is 5.67. The minimum atomic E-state index is -3.17. The van der Waals surface area contributed by atoms with Crippen LogP contribution in [0, 0.1) is 5.92 Å². The summed E-state index contributed by atoms with van der Waals surface area (Å²) in [5, 5.41) is -0.284. The molecule has 0 radical (unpaired) electrons. The van der Waals surface area contributed by atoms with E-state index in [1.165, 1.54) is 0 Å². The first-order chi connectivity index (χ1) is 7.43. The maximum absolute atomic E-state index is 11.9. The van der Waals surface area contributed by atoms with Gasteiger partial charge in [0.25, 0.3) is 0 Å². The minimum Gasteiger partial charge on any atom is -0.381 e. The standard InChI is InChI=1S/C10H20BrNO3S/c1-8(2)10(11)7-12-16(13,14)9-3-5-15-6-4-9/h8-10,12H,3-7H2,1-2H3. The van der Waals surface area contributed by atoms with Crippen molar-refractivity contribution in [2.24, 2.45) is 5.92 Å². The lowest BCUT2D eigenvalue weighted by atomic mass is 10.1. The van der Waals surface area contributed by atoms with Crippen LogP contribution in [0.25, 0.3) is 0 Å². The van der Waals surface area contributed by atoms with Crippen LogP contribution in [0.15, 0.2) is 0 Å². The van der Waals surface area contributed by atoms with Gasteiger partial charge in [-0.05, 0) is 18.8 Å². The Kier molecular flexibility index (Phi) is 5.70. The van der Waals surface area contributed by atoms with Crippen LogP contribution in [0.4, 0.5) is 0 Å². The average molecular weight is 314 g/mol. The maximum Gasteiger partial charge on any atom is 0.214 e. The Balaban J connectivity index is 2.44. The molecule has 0 aromatic heterocycles. The Bertz CT molecular complexity index is 299. The summed E-state index contributed by atoms with van der Waals surface area (Å²) in [6.07, 6.45) is 1.20. The predicted octanol–water partition coefficient (Wildman–Crippen LogP) is 1.50. The average Bonchev–Trinajstić information content (AvgIpc) is 2.27. The zero-order valence-corrected chi connectivity index (χ0v) is 12.2. The summed E-state index contributed by atoms with van der Waals surface area (Å²) >= 11 is 3.47. The van der Waals surface area contributed by atoms with Crippen molar-refractivity contribution >= 4 is 26.0 Å². The summed E-state index contributed by atoms with van der Waals surface area (Å²) in [7, 11) is -3.17. The highest BCUT2D eigenvalue weighted by molar-refractivity contribution is 9.09. The van der Waals surface area contributed by atoms with Crippen LogP contribution in [0.2, 0.25) is 0 Å². The normalized spacial score (nSPS) is 21.2. The highest BCUT2D eigenvalue weighted by atomic mass is 79.9. The summed E-state index contributed by atoms with van der Waals surface area (Å²) < 4.78 is 31.7. The smallest absolute Gasteiger partial charge is 0.214 e. The van der Waals surface area contributed by atoms with E-state index in [2.05, 4.69) is 34.5 Å². The van der Waals surface area contributed by atoms with Crippen molar-refractivity contribution in [3.63, 3.8) is 0 Å². The Morgan fingerprint density at radius 3 is 2.44 bits per heavy atom. The fourth-order valence-electron chi connectivity index (χ4n) is 1.54. The van der Waals surface area contributed by atoms with E-state index in [1.54, 1.807) is 0 Å². The molecule has 0 aliphatic carbocycles. The molecule has 1 atom stereocenters. The van der Waals surface area contributed by atoms with Crippen molar-refractivity contribution in [3.05, 3.63) is 0 Å². The molecule has 1 unspecified atom stereocenters. The van der Waals surface area contributed by atoms with E-state index in [0.717, 1.165) is 0 Å². The van der Waals surface area contributed by atoms with Crippen molar-refractivity contribution < 1.29 is 13.2 Å². The van der Waals surface area contributed by atoms with Crippen molar-refractivity contribution in [1.82, 2.24) is 4.72 Å². The highest BCUT2D eigenvalue weighted by Gasteiger charge is 2.27. The molecule has 0 amide bonds. The lowest BCUT2D eigenvalue weighted by Gasteiger charge is -2.23. The molecule has 1 rings (SSSR count). The van der Waals surface area contributed by atoms with Crippen molar-refractivity contribution in [2.75, 3.05) is 19.8 Å². The third-order valence-electron chi connectivity index (χ3n) is 2.81. The molecular formula is C10H20BrNO3S. The van der Waals surface area contributed by atoms with Crippen LogP contribution in [-0.2, 0) is 14.8 Å². The van der Waals surface area contributed by atoms with Gasteiger partial charge in [0.2, 0.25) is 10.0 Å². The van der Waals surface area contributed by atoms with E-state index in [0.29, 0.717) is 38.5 Å². The first kappa shape index (κ1) is 14.4. The van der Waals surface area contributed by atoms with Crippen LogP contribution >= 0.6 is 15.9 Å². The SMILES string of the molecule is CC(C)C(Br)CNS(=O)(=O)C1CCOCC1. The minimum absolute atomic E-state index is 0.183. The predicted molar refractivity (Wildman–Crippen MR) is 68.3 cm³/mol. The first-order valence-electron chi connectivity index (χ1n) is 5.64. The number of nitrogens with one attached hydrogen (secondary N) is 1. The number of halogens is 1. The molecule has 1 saturated heterocycles. The Morgan fingerprint density at radius 1 is 1.38 bits per heavy atom. The van der Waals surface area contributed by atoms with Gasteiger partial charge in [-0.25, -0.2) is 13.1 Å². The number of hydrogen-bond donors (Lipinski definition) is 1. The fraction of sp³-hybridized carbons (Fsp3) is 1.00. The zero-order valence-electron chi connectivity index (χ0n) is 9.78. The van der Waals surface area contributed by atoms with Gasteiger partial charge in [-0.15, -0.1) is 0 Å². The lowest BCUT2D eigenvalue weighted by Crippen LogP contribution is -2.40. The van der Waals surface area contributed by atoms with Crippen molar-refractivity contribution in [2.45, 2.75) is 36.8 Å². The van der Waals surface area contributed by atoms with Crippen LogP contribution < -0.4 is 4.72 Å². The van der Waals surface area contributed by atoms with E-state index >= 15 is 0 Å². The van der Waals surface area contributed by atoms with Gasteiger partial charge in [-0.1, -0.05) is 29.8 Å². The van der Waals surface area contributed by atoms with E-state index in [-0.39, 0.29) is 10.1 Å². The van der Waals surface area contributed by atoms with Crippen LogP contribution in [0.3, 0.4) is 0 Å². The molecule has 0 saturated carbocycles. The molecule has 0 spiro atoms. The Hall–Kier alpha value is 0.350. The third-order valence-corrected chi connectivity index (χ3v) is 6.11. The summed E-state index contributed by atoms with van der Waals surface area (Å²) in [5.41, 5.74) is 0.